The van der Waals surface area contributed by atoms with Gasteiger partial charge in [0.2, 0.25) is 5.91 Å². The Kier molecular flexibility index (Phi) is 39.8. The molecule has 1 rings (SSSR count). The Morgan fingerprint density at radius 3 is 1.30 bits per heavy atom. The number of carbonyl (C=O) groups excluding carboxylic acids is 1. The molecule has 1 aliphatic heterocycles. The third-order valence-electron chi connectivity index (χ3n) is 12.6. The zero-order valence-corrected chi connectivity index (χ0v) is 39.2. The van der Waals surface area contributed by atoms with Gasteiger partial charge in [0.25, 0.3) is 0 Å². The normalized spacial score (nSPS) is 20.6. The van der Waals surface area contributed by atoms with E-state index < -0.39 is 49.5 Å². The highest BCUT2D eigenvalue weighted by atomic mass is 16.7. The molecule has 356 valence electrons. The van der Waals surface area contributed by atoms with Gasteiger partial charge in [-0.3, -0.25) is 4.79 Å². The maximum atomic E-state index is 13.0. The Morgan fingerprint density at radius 2 is 0.917 bits per heavy atom. The summed E-state index contributed by atoms with van der Waals surface area (Å²) >= 11 is 0. The van der Waals surface area contributed by atoms with E-state index in [1.54, 1.807) is 6.08 Å². The van der Waals surface area contributed by atoms with E-state index in [9.17, 15) is 30.3 Å². The molecule has 0 aliphatic carbocycles. The van der Waals surface area contributed by atoms with Crippen molar-refractivity contribution < 1.29 is 39.8 Å². The van der Waals surface area contributed by atoms with Gasteiger partial charge in [-0.05, 0) is 19.3 Å². The molecule has 0 spiro atoms. The van der Waals surface area contributed by atoms with E-state index in [0.29, 0.717) is 6.42 Å². The van der Waals surface area contributed by atoms with Crippen LogP contribution in [0.25, 0.3) is 0 Å². The van der Waals surface area contributed by atoms with Gasteiger partial charge in [0.1, 0.15) is 24.4 Å². The van der Waals surface area contributed by atoms with Crippen LogP contribution in [0.15, 0.2) is 12.2 Å². The van der Waals surface area contributed by atoms with Crippen molar-refractivity contribution in [2.24, 2.45) is 0 Å². The lowest BCUT2D eigenvalue weighted by molar-refractivity contribution is -0.302. The molecule has 1 saturated heterocycles. The van der Waals surface area contributed by atoms with Crippen LogP contribution in [0.2, 0.25) is 0 Å². The van der Waals surface area contributed by atoms with E-state index in [1.807, 2.05) is 6.08 Å². The number of aliphatic hydroxyl groups is 5. The molecule has 1 aliphatic rings. The molecule has 0 aromatic carbocycles. The van der Waals surface area contributed by atoms with Crippen molar-refractivity contribution in [1.29, 1.82) is 0 Å². The van der Waals surface area contributed by atoms with Gasteiger partial charge in [0.15, 0.2) is 6.29 Å². The van der Waals surface area contributed by atoms with Gasteiger partial charge in [-0.15, -0.1) is 0 Å². The minimum Gasteiger partial charge on any atom is -0.394 e. The summed E-state index contributed by atoms with van der Waals surface area (Å²) in [5.74, 6) is -0.172. The Hall–Kier alpha value is -1.07. The largest absolute Gasteiger partial charge is 0.394 e. The van der Waals surface area contributed by atoms with Gasteiger partial charge in [0, 0.05) is 6.42 Å². The van der Waals surface area contributed by atoms with Gasteiger partial charge >= 0.3 is 0 Å². The van der Waals surface area contributed by atoms with Crippen molar-refractivity contribution in [3.63, 3.8) is 0 Å². The van der Waals surface area contributed by atoms with Gasteiger partial charge in [-0.25, -0.2) is 0 Å². The second-order valence-corrected chi connectivity index (χ2v) is 18.3. The number of rotatable bonds is 44. The molecule has 7 atom stereocenters. The molecule has 0 aromatic rings. The summed E-state index contributed by atoms with van der Waals surface area (Å²) in [6.07, 6.45) is 42.6. The number of allylic oxidation sites excluding steroid dienone is 1. The molecule has 1 fully saturated rings. The Labute approximate surface area is 369 Å². The van der Waals surface area contributed by atoms with E-state index in [-0.39, 0.29) is 12.5 Å². The lowest BCUT2D eigenvalue weighted by Crippen LogP contribution is -2.60. The van der Waals surface area contributed by atoms with Gasteiger partial charge in [0.05, 0.1) is 25.4 Å². The number of hydrogen-bond donors (Lipinski definition) is 6. The van der Waals surface area contributed by atoms with Crippen LogP contribution in [0.4, 0.5) is 0 Å². The minimum atomic E-state index is -1.56. The molecule has 6 N–H and O–H groups in total. The van der Waals surface area contributed by atoms with Crippen molar-refractivity contribution in [1.82, 2.24) is 5.32 Å². The Balaban J connectivity index is 2.24. The zero-order chi connectivity index (χ0) is 43.7. The topological polar surface area (TPSA) is 149 Å². The molecule has 1 heterocycles. The van der Waals surface area contributed by atoms with Crippen molar-refractivity contribution in [3.05, 3.63) is 12.2 Å². The first-order chi connectivity index (χ1) is 29.3. The Morgan fingerprint density at radius 1 is 0.550 bits per heavy atom. The summed E-state index contributed by atoms with van der Waals surface area (Å²) in [7, 11) is 0. The summed E-state index contributed by atoms with van der Waals surface area (Å²) in [5, 5.41) is 54.3. The molecule has 60 heavy (non-hydrogen) atoms. The first kappa shape index (κ1) is 56.9. The van der Waals surface area contributed by atoms with Gasteiger partial charge in [-0.1, -0.05) is 238 Å². The number of aliphatic hydroxyl groups excluding tert-OH is 5. The van der Waals surface area contributed by atoms with E-state index >= 15 is 0 Å². The second kappa shape index (κ2) is 41.9. The molecular weight excluding hydrogens is 755 g/mol. The zero-order valence-electron chi connectivity index (χ0n) is 39.2. The number of nitrogens with one attached hydrogen (secondary N) is 1. The minimum absolute atomic E-state index is 0.172. The first-order valence-corrected chi connectivity index (χ1v) is 25.9. The number of ether oxygens (including phenoxy) is 2. The van der Waals surface area contributed by atoms with Crippen LogP contribution in [-0.4, -0.2) is 87.5 Å². The molecule has 0 aromatic heterocycles. The average Bonchev–Trinajstić information content (AvgIpc) is 3.25. The van der Waals surface area contributed by atoms with Crippen molar-refractivity contribution in [2.75, 3.05) is 13.2 Å². The smallest absolute Gasteiger partial charge is 0.220 e. The fourth-order valence-corrected chi connectivity index (χ4v) is 8.45. The van der Waals surface area contributed by atoms with E-state index in [1.165, 1.54) is 193 Å². The monoisotopic (exact) mass is 854 g/mol. The lowest BCUT2D eigenvalue weighted by atomic mass is 9.99. The molecule has 9 nitrogen and oxygen atoms in total. The SMILES string of the molecule is CCCCCCCCCCCCCC/C=C/[C@@H](O)[C@H](CO[C@H]1O[C@@H](CO)[C@H](O)C(O)C1O)NC(=O)CCCCCCCCCCCCCCCCCCCCCCCCC. The Bertz CT molecular complexity index is 950. The molecular formula is C51H99NO8. The lowest BCUT2D eigenvalue weighted by Gasteiger charge is -2.40. The van der Waals surface area contributed by atoms with Crippen molar-refractivity contribution >= 4 is 5.91 Å². The van der Waals surface area contributed by atoms with Crippen molar-refractivity contribution in [3.8, 4) is 0 Å². The van der Waals surface area contributed by atoms with Gasteiger partial charge in [-0.2, -0.15) is 0 Å². The highest BCUT2D eigenvalue weighted by molar-refractivity contribution is 5.76. The average molecular weight is 854 g/mol. The standard InChI is InChI=1S/C51H99NO8/c1-3-5-7-9-11-13-15-17-19-20-21-22-23-24-25-26-27-29-31-33-35-37-39-41-47(55)52-44(43-59-51-50(58)49(57)48(56)46(42-53)60-51)45(54)40-38-36-34-32-30-28-18-16-14-12-10-8-6-4-2/h38,40,44-46,48-51,53-54,56-58H,3-37,39,41-43H2,1-2H3,(H,52,55)/b40-38+/t44-,45+,46-,48-,49?,50?,51-/m0/s1. The predicted octanol–water partition coefficient (Wildman–Crippen LogP) is 11.7. The second-order valence-electron chi connectivity index (χ2n) is 18.3. The third-order valence-corrected chi connectivity index (χ3v) is 12.6. The summed E-state index contributed by atoms with van der Waals surface area (Å²) in [6.45, 7) is 3.80. The maximum absolute atomic E-state index is 13.0. The van der Waals surface area contributed by atoms with E-state index in [0.717, 1.165) is 38.5 Å². The number of hydrogen-bond acceptors (Lipinski definition) is 8. The van der Waals surface area contributed by atoms with Crippen LogP contribution in [0.5, 0.6) is 0 Å². The number of carbonyl (C=O) groups is 1. The number of amides is 1. The fraction of sp³-hybridized carbons (Fsp3) is 0.941. The first-order valence-electron chi connectivity index (χ1n) is 25.9. The van der Waals surface area contributed by atoms with Crippen LogP contribution >= 0.6 is 0 Å². The third kappa shape index (κ3) is 31.7. The van der Waals surface area contributed by atoms with Gasteiger partial charge < -0.3 is 40.3 Å². The van der Waals surface area contributed by atoms with Crippen LogP contribution in [0.1, 0.15) is 251 Å². The molecule has 0 radical (unpaired) electrons. The van der Waals surface area contributed by atoms with Crippen LogP contribution in [0.3, 0.4) is 0 Å². The van der Waals surface area contributed by atoms with E-state index in [2.05, 4.69) is 19.2 Å². The van der Waals surface area contributed by atoms with E-state index in [4.69, 9.17) is 9.47 Å². The predicted molar refractivity (Wildman–Crippen MR) is 249 cm³/mol. The summed E-state index contributed by atoms with van der Waals surface area (Å²) in [5.41, 5.74) is 0. The fourth-order valence-electron chi connectivity index (χ4n) is 8.45. The molecule has 2 unspecified atom stereocenters. The molecule has 0 saturated carbocycles. The molecule has 0 bridgehead atoms. The maximum Gasteiger partial charge on any atom is 0.220 e. The molecule has 9 heteroatoms. The quantitative estimate of drug-likeness (QED) is 0.0262. The van der Waals surface area contributed by atoms with Crippen LogP contribution in [0, 0.1) is 0 Å². The number of unbranched alkanes of at least 4 members (excludes halogenated alkanes) is 34. The van der Waals surface area contributed by atoms with Crippen LogP contribution < -0.4 is 5.32 Å². The van der Waals surface area contributed by atoms with Crippen LogP contribution in [-0.2, 0) is 14.3 Å². The molecule has 1 amide bonds. The summed E-state index contributed by atoms with van der Waals surface area (Å²) < 4.78 is 11.2. The van der Waals surface area contributed by atoms with Crippen molar-refractivity contribution in [2.45, 2.75) is 294 Å². The summed E-state index contributed by atoms with van der Waals surface area (Å²) in [4.78, 5) is 13.0. The highest BCUT2D eigenvalue weighted by Crippen LogP contribution is 2.23. The summed E-state index contributed by atoms with van der Waals surface area (Å²) in [6, 6.07) is -0.798. The highest BCUT2D eigenvalue weighted by Gasteiger charge is 2.44.